The van der Waals surface area contributed by atoms with Crippen molar-refractivity contribution in [1.82, 2.24) is 15.1 Å². The summed E-state index contributed by atoms with van der Waals surface area (Å²) in [6, 6.07) is 0.491. The van der Waals surface area contributed by atoms with Crippen LogP contribution in [0.2, 0.25) is 0 Å². The van der Waals surface area contributed by atoms with Gasteiger partial charge in [0, 0.05) is 24.3 Å². The minimum Gasteiger partial charge on any atom is -0.310 e. The predicted octanol–water partition coefficient (Wildman–Crippen LogP) is 1.32. The molecule has 0 aliphatic carbocycles. The molecule has 0 spiro atoms. The highest BCUT2D eigenvalue weighted by atomic mass is 15.3. The standard InChI is InChI=1S/C11H17N3/c1-5-6-14-8-11(10(4)13-14)7-12-9(2)3/h1,8-9,12H,6-7H2,2-4H3. The largest absolute Gasteiger partial charge is 0.310 e. The first kappa shape index (κ1) is 10.8. The highest BCUT2D eigenvalue weighted by molar-refractivity contribution is 5.15. The fourth-order valence-electron chi connectivity index (χ4n) is 1.22. The molecule has 1 rings (SSSR count). The van der Waals surface area contributed by atoms with Gasteiger partial charge in [-0.3, -0.25) is 4.68 Å². The van der Waals surface area contributed by atoms with Crippen molar-refractivity contribution in [2.75, 3.05) is 0 Å². The van der Waals surface area contributed by atoms with E-state index in [1.165, 1.54) is 5.56 Å². The molecule has 0 bridgehead atoms. The summed E-state index contributed by atoms with van der Waals surface area (Å²) in [5.41, 5.74) is 2.27. The minimum absolute atomic E-state index is 0.491. The maximum absolute atomic E-state index is 5.22. The topological polar surface area (TPSA) is 29.9 Å². The molecule has 0 atom stereocenters. The average Bonchev–Trinajstić information content (AvgIpc) is 2.44. The summed E-state index contributed by atoms with van der Waals surface area (Å²) in [6.45, 7) is 7.66. The molecule has 0 radical (unpaired) electrons. The molecule has 0 aliphatic rings. The molecule has 0 unspecified atom stereocenters. The first-order valence-electron chi connectivity index (χ1n) is 4.83. The predicted molar refractivity (Wildman–Crippen MR) is 57.8 cm³/mol. The zero-order valence-corrected chi connectivity index (χ0v) is 9.04. The van der Waals surface area contributed by atoms with E-state index >= 15 is 0 Å². The molecule has 3 heteroatoms. The number of terminal acetylenes is 1. The fraction of sp³-hybridized carbons (Fsp3) is 0.545. The fourth-order valence-corrected chi connectivity index (χ4v) is 1.22. The van der Waals surface area contributed by atoms with Gasteiger partial charge < -0.3 is 5.32 Å². The molecule has 0 saturated carbocycles. The molecule has 0 amide bonds. The van der Waals surface area contributed by atoms with E-state index in [-0.39, 0.29) is 0 Å². The van der Waals surface area contributed by atoms with Crippen molar-refractivity contribution in [3.8, 4) is 12.3 Å². The van der Waals surface area contributed by atoms with Crippen LogP contribution in [0, 0.1) is 19.3 Å². The second-order valence-electron chi connectivity index (χ2n) is 3.68. The van der Waals surface area contributed by atoms with Crippen molar-refractivity contribution < 1.29 is 0 Å². The van der Waals surface area contributed by atoms with Gasteiger partial charge in [-0.2, -0.15) is 5.10 Å². The zero-order chi connectivity index (χ0) is 10.6. The van der Waals surface area contributed by atoms with Crippen LogP contribution in [0.1, 0.15) is 25.1 Å². The van der Waals surface area contributed by atoms with Crippen molar-refractivity contribution in [1.29, 1.82) is 0 Å². The minimum atomic E-state index is 0.491. The third-order valence-corrected chi connectivity index (χ3v) is 2.00. The maximum Gasteiger partial charge on any atom is 0.101 e. The maximum atomic E-state index is 5.22. The molecule has 0 aromatic carbocycles. The number of nitrogens with one attached hydrogen (secondary N) is 1. The molecule has 1 aromatic heterocycles. The van der Waals surface area contributed by atoms with Crippen molar-refractivity contribution in [2.45, 2.75) is 39.9 Å². The van der Waals surface area contributed by atoms with Crippen LogP contribution in [0.15, 0.2) is 6.20 Å². The first-order valence-corrected chi connectivity index (χ1v) is 4.83. The van der Waals surface area contributed by atoms with E-state index in [9.17, 15) is 0 Å². The summed E-state index contributed by atoms with van der Waals surface area (Å²) < 4.78 is 1.80. The Morgan fingerprint density at radius 1 is 1.64 bits per heavy atom. The second kappa shape index (κ2) is 4.83. The Morgan fingerprint density at radius 3 is 2.93 bits per heavy atom. The van der Waals surface area contributed by atoms with Crippen molar-refractivity contribution in [2.24, 2.45) is 0 Å². The SMILES string of the molecule is C#CCn1cc(CNC(C)C)c(C)n1. The van der Waals surface area contributed by atoms with Crippen LogP contribution in [0.5, 0.6) is 0 Å². The highest BCUT2D eigenvalue weighted by Gasteiger charge is 2.04. The van der Waals surface area contributed by atoms with Crippen LogP contribution in [-0.2, 0) is 13.1 Å². The van der Waals surface area contributed by atoms with Gasteiger partial charge >= 0.3 is 0 Å². The molecule has 1 aromatic rings. The van der Waals surface area contributed by atoms with Gasteiger partial charge in [0.25, 0.3) is 0 Å². The van der Waals surface area contributed by atoms with Gasteiger partial charge in [-0.1, -0.05) is 19.8 Å². The highest BCUT2D eigenvalue weighted by Crippen LogP contribution is 2.05. The average molecular weight is 191 g/mol. The monoisotopic (exact) mass is 191 g/mol. The molecule has 0 aliphatic heterocycles. The lowest BCUT2D eigenvalue weighted by Crippen LogP contribution is -2.21. The Morgan fingerprint density at radius 2 is 2.36 bits per heavy atom. The summed E-state index contributed by atoms with van der Waals surface area (Å²) in [7, 11) is 0. The Balaban J connectivity index is 2.63. The molecular formula is C11H17N3. The van der Waals surface area contributed by atoms with Crippen molar-refractivity contribution in [3.05, 3.63) is 17.5 Å². The normalized spacial score (nSPS) is 10.5. The Labute approximate surface area is 85.5 Å². The van der Waals surface area contributed by atoms with Gasteiger partial charge in [0.05, 0.1) is 5.69 Å². The third kappa shape index (κ3) is 2.90. The van der Waals surface area contributed by atoms with E-state index in [1.807, 2.05) is 13.1 Å². The number of aromatic nitrogens is 2. The first-order chi connectivity index (χ1) is 6.63. The third-order valence-electron chi connectivity index (χ3n) is 2.00. The van der Waals surface area contributed by atoms with E-state index in [2.05, 4.69) is 30.2 Å². The van der Waals surface area contributed by atoms with E-state index in [0.717, 1.165) is 12.2 Å². The number of aryl methyl sites for hydroxylation is 1. The summed E-state index contributed by atoms with van der Waals surface area (Å²) in [5, 5.41) is 7.67. The summed E-state index contributed by atoms with van der Waals surface area (Å²) in [4.78, 5) is 0. The van der Waals surface area contributed by atoms with Crippen LogP contribution in [0.25, 0.3) is 0 Å². The zero-order valence-electron chi connectivity index (χ0n) is 9.04. The number of hydrogen-bond acceptors (Lipinski definition) is 2. The van der Waals surface area contributed by atoms with Crippen LogP contribution < -0.4 is 5.32 Å². The smallest absolute Gasteiger partial charge is 0.101 e. The lowest BCUT2D eigenvalue weighted by molar-refractivity contribution is 0.587. The van der Waals surface area contributed by atoms with Gasteiger partial charge in [-0.25, -0.2) is 0 Å². The molecule has 3 nitrogen and oxygen atoms in total. The van der Waals surface area contributed by atoms with Crippen molar-refractivity contribution in [3.63, 3.8) is 0 Å². The molecule has 0 fully saturated rings. The van der Waals surface area contributed by atoms with E-state index < -0.39 is 0 Å². The number of hydrogen-bond donors (Lipinski definition) is 1. The summed E-state index contributed by atoms with van der Waals surface area (Å²) in [6.07, 6.45) is 7.22. The van der Waals surface area contributed by atoms with Gasteiger partial charge in [0.1, 0.15) is 6.54 Å². The van der Waals surface area contributed by atoms with E-state index in [1.54, 1.807) is 4.68 Å². The molecule has 1 heterocycles. The van der Waals surface area contributed by atoms with Crippen LogP contribution in [0.3, 0.4) is 0 Å². The van der Waals surface area contributed by atoms with Crippen LogP contribution in [-0.4, -0.2) is 15.8 Å². The molecule has 0 saturated heterocycles. The van der Waals surface area contributed by atoms with Gasteiger partial charge in [0.15, 0.2) is 0 Å². The molecular weight excluding hydrogens is 174 g/mol. The lowest BCUT2D eigenvalue weighted by atomic mass is 10.2. The van der Waals surface area contributed by atoms with E-state index in [4.69, 9.17) is 6.42 Å². The van der Waals surface area contributed by atoms with Gasteiger partial charge in [0.2, 0.25) is 0 Å². The van der Waals surface area contributed by atoms with E-state index in [0.29, 0.717) is 12.6 Å². The van der Waals surface area contributed by atoms with Crippen LogP contribution >= 0.6 is 0 Å². The molecule has 1 N–H and O–H groups in total. The molecule has 76 valence electrons. The summed E-state index contributed by atoms with van der Waals surface area (Å²) in [5.74, 6) is 2.57. The summed E-state index contributed by atoms with van der Waals surface area (Å²) >= 11 is 0. The quantitative estimate of drug-likeness (QED) is 0.727. The number of rotatable bonds is 4. The van der Waals surface area contributed by atoms with Gasteiger partial charge in [-0.15, -0.1) is 6.42 Å². The second-order valence-corrected chi connectivity index (χ2v) is 3.68. The van der Waals surface area contributed by atoms with Crippen molar-refractivity contribution >= 4 is 0 Å². The Kier molecular flexibility index (Phi) is 3.73. The lowest BCUT2D eigenvalue weighted by Gasteiger charge is -2.05. The Hall–Kier alpha value is -1.27. The molecule has 14 heavy (non-hydrogen) atoms. The van der Waals surface area contributed by atoms with Crippen LogP contribution in [0.4, 0.5) is 0 Å². The van der Waals surface area contributed by atoms with Gasteiger partial charge in [-0.05, 0) is 6.92 Å². The Bertz CT molecular complexity index is 331. The number of nitrogens with zero attached hydrogens (tertiary/aromatic N) is 2.